The lowest BCUT2D eigenvalue weighted by Gasteiger charge is -2.09. The minimum atomic E-state index is -0.560. The maximum Gasteiger partial charge on any atom is 0.315 e. The van der Waals surface area contributed by atoms with Crippen LogP contribution < -0.4 is 10.6 Å². The largest absolute Gasteiger partial charge is 0.392 e. The second-order valence-electron chi connectivity index (χ2n) is 5.07. The molecule has 23 heavy (non-hydrogen) atoms. The average Bonchev–Trinajstić information content (AvgIpc) is 2.56. The van der Waals surface area contributed by atoms with Crippen LogP contribution in [0.3, 0.4) is 0 Å². The average molecular weight is 320 g/mol. The number of benzene rings is 2. The van der Waals surface area contributed by atoms with E-state index in [-0.39, 0.29) is 18.7 Å². The van der Waals surface area contributed by atoms with Crippen molar-refractivity contribution in [1.29, 1.82) is 0 Å². The van der Waals surface area contributed by atoms with Crippen LogP contribution in [0.15, 0.2) is 42.5 Å². The number of carbonyl (C=O) groups excluding carboxylic acids is 1. The summed E-state index contributed by atoms with van der Waals surface area (Å²) >= 11 is 0. The van der Waals surface area contributed by atoms with Gasteiger partial charge < -0.3 is 15.7 Å². The molecule has 0 unspecified atom stereocenters. The molecule has 6 heteroatoms. The summed E-state index contributed by atoms with van der Waals surface area (Å²) in [6.07, 6.45) is 0.632. The zero-order valence-corrected chi connectivity index (χ0v) is 12.5. The van der Waals surface area contributed by atoms with E-state index in [2.05, 4.69) is 10.6 Å². The number of nitrogens with one attached hydrogen (secondary N) is 2. The summed E-state index contributed by atoms with van der Waals surface area (Å²) in [6.45, 7) is 0.328. The van der Waals surface area contributed by atoms with Gasteiger partial charge in [-0.1, -0.05) is 24.3 Å². The summed E-state index contributed by atoms with van der Waals surface area (Å²) in [5, 5.41) is 14.1. The molecule has 2 amide bonds. The number of urea groups is 1. The topological polar surface area (TPSA) is 61.4 Å². The van der Waals surface area contributed by atoms with Gasteiger partial charge in [0.2, 0.25) is 0 Å². The quantitative estimate of drug-likeness (QED) is 0.766. The van der Waals surface area contributed by atoms with Gasteiger partial charge >= 0.3 is 6.03 Å². The third-order valence-corrected chi connectivity index (χ3v) is 3.35. The zero-order chi connectivity index (χ0) is 16.7. The van der Waals surface area contributed by atoms with E-state index in [9.17, 15) is 13.6 Å². The highest BCUT2D eigenvalue weighted by Gasteiger charge is 2.06. The van der Waals surface area contributed by atoms with Crippen LogP contribution in [0, 0.1) is 11.6 Å². The molecule has 0 heterocycles. The Bertz CT molecular complexity index is 660. The molecule has 0 aliphatic rings. The molecule has 2 rings (SSSR count). The van der Waals surface area contributed by atoms with Gasteiger partial charge in [0.15, 0.2) is 0 Å². The van der Waals surface area contributed by atoms with Crippen molar-refractivity contribution >= 4 is 6.03 Å². The van der Waals surface area contributed by atoms with Gasteiger partial charge in [0, 0.05) is 18.7 Å². The number of amides is 2. The third-order valence-electron chi connectivity index (χ3n) is 3.35. The van der Waals surface area contributed by atoms with Crippen LogP contribution in [0.4, 0.5) is 13.6 Å². The highest BCUT2D eigenvalue weighted by atomic mass is 19.1. The van der Waals surface area contributed by atoms with Gasteiger partial charge in [-0.2, -0.15) is 0 Å². The number of hydrogen-bond donors (Lipinski definition) is 3. The number of aliphatic hydroxyl groups is 1. The predicted octanol–water partition coefficient (Wildman–Crippen LogP) is 2.50. The van der Waals surface area contributed by atoms with Gasteiger partial charge in [-0.05, 0) is 35.7 Å². The van der Waals surface area contributed by atoms with E-state index < -0.39 is 17.7 Å². The number of hydrogen-bond acceptors (Lipinski definition) is 2. The van der Waals surface area contributed by atoms with Gasteiger partial charge in [0.25, 0.3) is 0 Å². The maximum absolute atomic E-state index is 13.4. The van der Waals surface area contributed by atoms with Crippen molar-refractivity contribution in [2.75, 3.05) is 6.54 Å². The van der Waals surface area contributed by atoms with Crippen molar-refractivity contribution < 1.29 is 18.7 Å². The Hall–Kier alpha value is -2.47. The van der Waals surface area contributed by atoms with Gasteiger partial charge in [0.1, 0.15) is 11.6 Å². The van der Waals surface area contributed by atoms with Crippen LogP contribution in [0.1, 0.15) is 16.7 Å². The van der Waals surface area contributed by atoms with Crippen LogP contribution in [0.2, 0.25) is 0 Å². The summed E-state index contributed by atoms with van der Waals surface area (Å²) in [5.41, 5.74) is 1.95. The number of halogens is 2. The third kappa shape index (κ3) is 5.34. The van der Waals surface area contributed by atoms with E-state index in [4.69, 9.17) is 5.11 Å². The molecule has 0 aromatic heterocycles. The van der Waals surface area contributed by atoms with Crippen molar-refractivity contribution in [1.82, 2.24) is 10.6 Å². The first-order valence-corrected chi connectivity index (χ1v) is 7.23. The van der Waals surface area contributed by atoms with Crippen molar-refractivity contribution in [3.05, 3.63) is 70.8 Å². The zero-order valence-electron chi connectivity index (χ0n) is 12.5. The number of rotatable bonds is 6. The van der Waals surface area contributed by atoms with E-state index in [0.717, 1.165) is 29.3 Å². The van der Waals surface area contributed by atoms with Crippen molar-refractivity contribution in [2.24, 2.45) is 0 Å². The van der Waals surface area contributed by atoms with Gasteiger partial charge in [-0.25, -0.2) is 13.6 Å². The van der Waals surface area contributed by atoms with Crippen LogP contribution in [-0.2, 0) is 19.6 Å². The molecule has 0 bridgehead atoms. The van der Waals surface area contributed by atoms with Crippen LogP contribution >= 0.6 is 0 Å². The van der Waals surface area contributed by atoms with E-state index in [1.807, 2.05) is 24.3 Å². The highest BCUT2D eigenvalue weighted by molar-refractivity contribution is 5.73. The molecule has 0 saturated heterocycles. The van der Waals surface area contributed by atoms with E-state index in [0.29, 0.717) is 13.0 Å². The fourth-order valence-corrected chi connectivity index (χ4v) is 2.05. The Morgan fingerprint density at radius 3 is 2.39 bits per heavy atom. The van der Waals surface area contributed by atoms with E-state index in [1.165, 1.54) is 0 Å². The summed E-state index contributed by atoms with van der Waals surface area (Å²) in [6, 6.07) is 10.1. The molecule has 0 saturated carbocycles. The molecule has 0 atom stereocenters. The maximum atomic E-state index is 13.4. The second-order valence-corrected chi connectivity index (χ2v) is 5.07. The standard InChI is InChI=1S/C17H18F2N2O2/c18-15-5-6-16(19)14(9-15)10-21-17(23)20-8-7-12-1-3-13(11-22)4-2-12/h1-6,9,22H,7-8,10-11H2,(H2,20,21,23). The lowest BCUT2D eigenvalue weighted by Crippen LogP contribution is -2.36. The second kappa shape index (κ2) is 8.24. The molecule has 0 fully saturated rings. The van der Waals surface area contributed by atoms with E-state index >= 15 is 0 Å². The Kier molecular flexibility index (Phi) is 6.05. The van der Waals surface area contributed by atoms with Crippen LogP contribution in [-0.4, -0.2) is 17.7 Å². The predicted molar refractivity (Wildman–Crippen MR) is 82.7 cm³/mol. The van der Waals surface area contributed by atoms with Crippen LogP contribution in [0.25, 0.3) is 0 Å². The van der Waals surface area contributed by atoms with Crippen molar-refractivity contribution in [2.45, 2.75) is 19.6 Å². The number of aliphatic hydroxyl groups excluding tert-OH is 1. The van der Waals surface area contributed by atoms with Crippen LogP contribution in [0.5, 0.6) is 0 Å². The van der Waals surface area contributed by atoms with Gasteiger partial charge in [-0.3, -0.25) is 0 Å². The molecule has 2 aromatic rings. The molecule has 0 radical (unpaired) electrons. The molecule has 3 N–H and O–H groups in total. The van der Waals surface area contributed by atoms with Gasteiger partial charge in [-0.15, -0.1) is 0 Å². The smallest absolute Gasteiger partial charge is 0.315 e. The SMILES string of the molecule is O=C(NCCc1ccc(CO)cc1)NCc1cc(F)ccc1F. The fourth-order valence-electron chi connectivity index (χ4n) is 2.05. The molecule has 2 aromatic carbocycles. The molecule has 4 nitrogen and oxygen atoms in total. The van der Waals surface area contributed by atoms with Crippen molar-refractivity contribution in [3.63, 3.8) is 0 Å². The Balaban J connectivity index is 1.73. The van der Waals surface area contributed by atoms with Crippen molar-refractivity contribution in [3.8, 4) is 0 Å². The Morgan fingerprint density at radius 1 is 1.00 bits per heavy atom. The Morgan fingerprint density at radius 2 is 1.70 bits per heavy atom. The van der Waals surface area contributed by atoms with E-state index in [1.54, 1.807) is 0 Å². The first-order valence-electron chi connectivity index (χ1n) is 7.23. The summed E-state index contributed by atoms with van der Waals surface area (Å²) in [5.74, 6) is -1.11. The molecular weight excluding hydrogens is 302 g/mol. The summed E-state index contributed by atoms with van der Waals surface area (Å²) in [7, 11) is 0. The highest BCUT2D eigenvalue weighted by Crippen LogP contribution is 2.09. The molecule has 0 aliphatic carbocycles. The minimum Gasteiger partial charge on any atom is -0.392 e. The first-order chi connectivity index (χ1) is 11.1. The molecular formula is C17H18F2N2O2. The molecule has 0 spiro atoms. The Labute approximate surface area is 133 Å². The van der Waals surface area contributed by atoms with Gasteiger partial charge in [0.05, 0.1) is 6.61 Å². The summed E-state index contributed by atoms with van der Waals surface area (Å²) in [4.78, 5) is 11.6. The lowest BCUT2D eigenvalue weighted by atomic mass is 10.1. The first kappa shape index (κ1) is 16.9. The lowest BCUT2D eigenvalue weighted by molar-refractivity contribution is 0.240. The minimum absolute atomic E-state index is 0.00240. The number of carbonyl (C=O) groups is 1. The monoisotopic (exact) mass is 320 g/mol. The molecule has 0 aliphatic heterocycles. The molecule has 122 valence electrons. The normalized spacial score (nSPS) is 10.4. The summed E-state index contributed by atoms with van der Waals surface area (Å²) < 4.78 is 26.4. The fraction of sp³-hybridized carbons (Fsp3) is 0.235.